The van der Waals surface area contributed by atoms with Gasteiger partial charge in [0.15, 0.2) is 0 Å². The molecular weight excluding hydrogens is 248 g/mol. The highest BCUT2D eigenvalue weighted by Crippen LogP contribution is 2.22. The summed E-state index contributed by atoms with van der Waals surface area (Å²) in [5.41, 5.74) is 2.34. The van der Waals surface area contributed by atoms with Gasteiger partial charge in [0.05, 0.1) is 6.10 Å². The van der Waals surface area contributed by atoms with E-state index in [1.54, 1.807) is 6.08 Å². The van der Waals surface area contributed by atoms with E-state index in [9.17, 15) is 5.11 Å². The number of hydrogen-bond acceptors (Lipinski definition) is 2. The second-order valence-corrected chi connectivity index (χ2v) is 4.72. The molecule has 2 nitrogen and oxygen atoms in total. The SMILES string of the molecule is C=CCC[C@H](O)COc1ccc(-c2ccccc2)cc1. The molecule has 0 radical (unpaired) electrons. The second-order valence-electron chi connectivity index (χ2n) is 4.72. The van der Waals surface area contributed by atoms with Crippen molar-refractivity contribution < 1.29 is 9.84 Å². The molecule has 2 aromatic carbocycles. The number of ether oxygens (including phenoxy) is 1. The van der Waals surface area contributed by atoms with Crippen LogP contribution >= 0.6 is 0 Å². The number of aliphatic hydroxyl groups is 1. The minimum absolute atomic E-state index is 0.318. The molecule has 0 aliphatic rings. The van der Waals surface area contributed by atoms with E-state index in [0.29, 0.717) is 13.0 Å². The molecule has 20 heavy (non-hydrogen) atoms. The Morgan fingerprint density at radius 1 is 1.00 bits per heavy atom. The predicted octanol–water partition coefficient (Wildman–Crippen LogP) is 4.06. The van der Waals surface area contributed by atoms with E-state index in [4.69, 9.17) is 4.74 Å². The Hall–Kier alpha value is -2.06. The minimum atomic E-state index is -0.443. The number of aliphatic hydroxyl groups excluding tert-OH is 1. The Kier molecular flexibility index (Phi) is 5.39. The zero-order valence-electron chi connectivity index (χ0n) is 11.5. The molecule has 1 atom stereocenters. The second kappa shape index (κ2) is 7.51. The molecule has 0 saturated carbocycles. The van der Waals surface area contributed by atoms with Gasteiger partial charge < -0.3 is 9.84 Å². The summed E-state index contributed by atoms with van der Waals surface area (Å²) in [4.78, 5) is 0. The summed E-state index contributed by atoms with van der Waals surface area (Å²) in [7, 11) is 0. The van der Waals surface area contributed by atoms with Crippen LogP contribution in [-0.4, -0.2) is 17.8 Å². The van der Waals surface area contributed by atoms with Gasteiger partial charge in [-0.2, -0.15) is 0 Å². The first-order valence-electron chi connectivity index (χ1n) is 6.87. The van der Waals surface area contributed by atoms with E-state index < -0.39 is 6.10 Å². The smallest absolute Gasteiger partial charge is 0.119 e. The summed E-state index contributed by atoms with van der Waals surface area (Å²) in [5.74, 6) is 0.780. The highest BCUT2D eigenvalue weighted by molar-refractivity contribution is 5.63. The summed E-state index contributed by atoms with van der Waals surface area (Å²) in [6, 6.07) is 18.1. The molecule has 2 aromatic rings. The molecule has 0 spiro atoms. The first kappa shape index (κ1) is 14.4. The Morgan fingerprint density at radius 3 is 2.30 bits per heavy atom. The van der Waals surface area contributed by atoms with Gasteiger partial charge in [-0.3, -0.25) is 0 Å². The van der Waals surface area contributed by atoms with Crippen LogP contribution in [0.5, 0.6) is 5.75 Å². The zero-order valence-corrected chi connectivity index (χ0v) is 11.5. The van der Waals surface area contributed by atoms with E-state index in [0.717, 1.165) is 17.7 Å². The van der Waals surface area contributed by atoms with Crippen LogP contribution < -0.4 is 4.74 Å². The lowest BCUT2D eigenvalue weighted by molar-refractivity contribution is 0.101. The van der Waals surface area contributed by atoms with Crippen LogP contribution in [-0.2, 0) is 0 Å². The maximum Gasteiger partial charge on any atom is 0.119 e. The fourth-order valence-electron chi connectivity index (χ4n) is 1.96. The Balaban J connectivity index is 1.90. The highest BCUT2D eigenvalue weighted by Gasteiger charge is 2.04. The Bertz CT molecular complexity index is 517. The molecule has 2 heteroatoms. The van der Waals surface area contributed by atoms with Crippen molar-refractivity contribution in [2.45, 2.75) is 18.9 Å². The lowest BCUT2D eigenvalue weighted by atomic mass is 10.1. The van der Waals surface area contributed by atoms with Crippen molar-refractivity contribution in [2.75, 3.05) is 6.61 Å². The van der Waals surface area contributed by atoms with Crippen molar-refractivity contribution in [3.8, 4) is 16.9 Å². The number of hydrogen-bond donors (Lipinski definition) is 1. The van der Waals surface area contributed by atoms with Crippen molar-refractivity contribution in [1.29, 1.82) is 0 Å². The zero-order chi connectivity index (χ0) is 14.2. The molecule has 0 aliphatic carbocycles. The summed E-state index contributed by atoms with van der Waals surface area (Å²) in [6.45, 7) is 3.96. The Labute approximate surface area is 120 Å². The molecule has 0 unspecified atom stereocenters. The molecule has 0 saturated heterocycles. The molecule has 0 aliphatic heterocycles. The van der Waals surface area contributed by atoms with Crippen LogP contribution in [0, 0.1) is 0 Å². The minimum Gasteiger partial charge on any atom is -0.491 e. The van der Waals surface area contributed by atoms with Crippen LogP contribution in [0.2, 0.25) is 0 Å². The molecular formula is C18H20O2. The number of rotatable bonds is 7. The molecule has 0 amide bonds. The lowest BCUT2D eigenvalue weighted by Crippen LogP contribution is -2.16. The topological polar surface area (TPSA) is 29.5 Å². The largest absolute Gasteiger partial charge is 0.491 e. The van der Waals surface area contributed by atoms with E-state index in [2.05, 4.69) is 18.7 Å². The third-order valence-corrected chi connectivity index (χ3v) is 3.11. The van der Waals surface area contributed by atoms with Gasteiger partial charge in [0.2, 0.25) is 0 Å². The molecule has 104 valence electrons. The van der Waals surface area contributed by atoms with Gasteiger partial charge in [-0.05, 0) is 36.1 Å². The highest BCUT2D eigenvalue weighted by atomic mass is 16.5. The summed E-state index contributed by atoms with van der Waals surface area (Å²) < 4.78 is 5.57. The summed E-state index contributed by atoms with van der Waals surface area (Å²) in [6.07, 6.45) is 2.85. The van der Waals surface area contributed by atoms with E-state index in [1.165, 1.54) is 5.56 Å². The van der Waals surface area contributed by atoms with Gasteiger partial charge in [0, 0.05) is 0 Å². The fraction of sp³-hybridized carbons (Fsp3) is 0.222. The van der Waals surface area contributed by atoms with Gasteiger partial charge >= 0.3 is 0 Å². The normalized spacial score (nSPS) is 11.8. The van der Waals surface area contributed by atoms with Crippen LogP contribution in [0.1, 0.15) is 12.8 Å². The lowest BCUT2D eigenvalue weighted by Gasteiger charge is -2.11. The molecule has 2 rings (SSSR count). The summed E-state index contributed by atoms with van der Waals surface area (Å²) >= 11 is 0. The van der Waals surface area contributed by atoms with Gasteiger partial charge in [-0.15, -0.1) is 6.58 Å². The molecule has 1 N–H and O–H groups in total. The van der Waals surface area contributed by atoms with Crippen molar-refractivity contribution in [2.24, 2.45) is 0 Å². The van der Waals surface area contributed by atoms with Gasteiger partial charge in [0.25, 0.3) is 0 Å². The molecule has 0 bridgehead atoms. The fourth-order valence-corrected chi connectivity index (χ4v) is 1.96. The first-order chi connectivity index (χ1) is 9.79. The third kappa shape index (κ3) is 4.25. The van der Waals surface area contributed by atoms with Crippen molar-refractivity contribution in [3.63, 3.8) is 0 Å². The average molecular weight is 268 g/mol. The van der Waals surface area contributed by atoms with E-state index in [-0.39, 0.29) is 0 Å². The average Bonchev–Trinajstić information content (AvgIpc) is 2.52. The van der Waals surface area contributed by atoms with Crippen LogP contribution in [0.15, 0.2) is 67.3 Å². The van der Waals surface area contributed by atoms with Crippen LogP contribution in [0.3, 0.4) is 0 Å². The molecule has 0 aromatic heterocycles. The number of allylic oxidation sites excluding steroid dienone is 1. The van der Waals surface area contributed by atoms with Gasteiger partial charge in [-0.25, -0.2) is 0 Å². The van der Waals surface area contributed by atoms with Gasteiger partial charge in [0.1, 0.15) is 12.4 Å². The third-order valence-electron chi connectivity index (χ3n) is 3.11. The Morgan fingerprint density at radius 2 is 1.65 bits per heavy atom. The maximum atomic E-state index is 9.70. The van der Waals surface area contributed by atoms with Gasteiger partial charge in [-0.1, -0.05) is 48.5 Å². The number of benzene rings is 2. The van der Waals surface area contributed by atoms with E-state index in [1.807, 2.05) is 42.5 Å². The summed E-state index contributed by atoms with van der Waals surface area (Å²) in [5, 5.41) is 9.70. The monoisotopic (exact) mass is 268 g/mol. The van der Waals surface area contributed by atoms with Crippen molar-refractivity contribution >= 4 is 0 Å². The maximum absolute atomic E-state index is 9.70. The van der Waals surface area contributed by atoms with Crippen molar-refractivity contribution in [3.05, 3.63) is 67.3 Å². The first-order valence-corrected chi connectivity index (χ1v) is 6.87. The standard InChI is InChI=1S/C18H20O2/c1-2-3-9-17(19)14-20-18-12-10-16(11-13-18)15-7-5-4-6-8-15/h2,4-8,10-13,17,19H,1,3,9,14H2/t17-/m0/s1. The van der Waals surface area contributed by atoms with Crippen molar-refractivity contribution in [1.82, 2.24) is 0 Å². The molecule has 0 heterocycles. The molecule has 0 fully saturated rings. The predicted molar refractivity (Wildman–Crippen MR) is 82.8 cm³/mol. The van der Waals surface area contributed by atoms with E-state index >= 15 is 0 Å². The van der Waals surface area contributed by atoms with Crippen LogP contribution in [0.4, 0.5) is 0 Å². The van der Waals surface area contributed by atoms with Crippen LogP contribution in [0.25, 0.3) is 11.1 Å². The quantitative estimate of drug-likeness (QED) is 0.767.